The summed E-state index contributed by atoms with van der Waals surface area (Å²) in [5.41, 5.74) is 4.66. The zero-order chi connectivity index (χ0) is 25.7. The largest absolute Gasteiger partial charge is 0.332 e. The van der Waals surface area contributed by atoms with E-state index in [4.69, 9.17) is 0 Å². The number of rotatable bonds is 4. The summed E-state index contributed by atoms with van der Waals surface area (Å²) in [5.74, 6) is -0.877. The lowest BCUT2D eigenvalue weighted by Crippen LogP contribution is -2.52. The molecule has 1 fully saturated rings. The van der Waals surface area contributed by atoms with E-state index in [1.807, 2.05) is 23.1 Å². The van der Waals surface area contributed by atoms with Crippen LogP contribution in [-0.2, 0) is 22.7 Å². The fourth-order valence-electron chi connectivity index (χ4n) is 5.57. The molecule has 0 bridgehead atoms. The first-order valence-electron chi connectivity index (χ1n) is 12.5. The smallest absolute Gasteiger partial charge is 0.276 e. The van der Waals surface area contributed by atoms with Gasteiger partial charge in [0.25, 0.3) is 11.8 Å². The van der Waals surface area contributed by atoms with Crippen LogP contribution in [0.4, 0.5) is 0 Å². The minimum atomic E-state index is -0.668. The molecule has 6 rings (SSSR count). The maximum Gasteiger partial charge on any atom is 0.276 e. The van der Waals surface area contributed by atoms with Gasteiger partial charge in [-0.25, -0.2) is 4.68 Å². The van der Waals surface area contributed by atoms with Gasteiger partial charge in [-0.3, -0.25) is 24.5 Å². The Morgan fingerprint density at radius 1 is 1.08 bits per heavy atom. The fraction of sp³-hybridized carbons (Fsp3) is 0.333. The van der Waals surface area contributed by atoms with Gasteiger partial charge in [0, 0.05) is 37.5 Å². The zero-order valence-corrected chi connectivity index (χ0v) is 20.4. The topological polar surface area (TPSA) is 118 Å². The predicted molar refractivity (Wildman–Crippen MR) is 132 cm³/mol. The van der Waals surface area contributed by atoms with Gasteiger partial charge >= 0.3 is 0 Å². The Labute approximate surface area is 213 Å². The maximum atomic E-state index is 13.3. The van der Waals surface area contributed by atoms with Gasteiger partial charge < -0.3 is 9.80 Å². The number of amides is 4. The van der Waals surface area contributed by atoms with E-state index in [0.717, 1.165) is 17.5 Å². The van der Waals surface area contributed by atoms with Crippen molar-refractivity contribution in [2.24, 2.45) is 0 Å². The normalized spacial score (nSPS) is 21.1. The van der Waals surface area contributed by atoms with Gasteiger partial charge in [0.15, 0.2) is 5.69 Å². The van der Waals surface area contributed by atoms with E-state index in [0.29, 0.717) is 30.8 Å². The summed E-state index contributed by atoms with van der Waals surface area (Å²) in [6.07, 6.45) is 3.07. The van der Waals surface area contributed by atoms with Gasteiger partial charge in [-0.2, -0.15) is 0 Å². The third kappa shape index (κ3) is 3.98. The van der Waals surface area contributed by atoms with Gasteiger partial charge in [0.1, 0.15) is 6.04 Å². The molecule has 4 amide bonds. The average molecular weight is 499 g/mol. The number of carbonyl (C=O) groups excluding carboxylic acids is 4. The van der Waals surface area contributed by atoms with Crippen molar-refractivity contribution in [1.82, 2.24) is 30.1 Å². The highest BCUT2D eigenvalue weighted by molar-refractivity contribution is 6.05. The Kier molecular flexibility index (Phi) is 5.58. The van der Waals surface area contributed by atoms with Crippen LogP contribution in [0.3, 0.4) is 0 Å². The van der Waals surface area contributed by atoms with E-state index < -0.39 is 11.9 Å². The number of hydrogen-bond acceptors (Lipinski definition) is 6. The molecule has 1 saturated heterocycles. The van der Waals surface area contributed by atoms with Crippen LogP contribution in [0.5, 0.6) is 0 Å². The number of benzene rings is 2. The molecule has 2 aromatic carbocycles. The maximum absolute atomic E-state index is 13.3. The third-order valence-electron chi connectivity index (χ3n) is 7.56. The monoisotopic (exact) mass is 498 g/mol. The first-order chi connectivity index (χ1) is 17.9. The van der Waals surface area contributed by atoms with Crippen molar-refractivity contribution in [2.45, 2.75) is 51.2 Å². The van der Waals surface area contributed by atoms with Crippen molar-refractivity contribution in [3.63, 3.8) is 0 Å². The van der Waals surface area contributed by atoms with Crippen molar-refractivity contribution in [3.8, 4) is 5.69 Å². The number of nitrogens with zero attached hydrogens (tertiary/aromatic N) is 5. The fourth-order valence-corrected chi connectivity index (χ4v) is 5.57. The minimum Gasteiger partial charge on any atom is -0.332 e. The number of hydrogen-bond donors (Lipinski definition) is 1. The molecule has 3 aromatic rings. The number of imide groups is 1. The molecular formula is C27H26N6O4. The molecule has 10 nitrogen and oxygen atoms in total. The van der Waals surface area contributed by atoms with E-state index in [1.54, 1.807) is 18.3 Å². The van der Waals surface area contributed by atoms with E-state index in [2.05, 4.69) is 34.7 Å². The molecule has 0 spiro atoms. The molecule has 0 radical (unpaired) electrons. The van der Waals surface area contributed by atoms with Gasteiger partial charge in [0.2, 0.25) is 11.8 Å². The zero-order valence-electron chi connectivity index (χ0n) is 20.4. The number of nitrogens with one attached hydrogen (secondary N) is 1. The number of carbonyl (C=O) groups is 4. The molecule has 3 aliphatic rings. The van der Waals surface area contributed by atoms with Crippen LogP contribution in [-0.4, -0.2) is 61.0 Å². The molecular weight excluding hydrogens is 472 g/mol. The van der Waals surface area contributed by atoms with Crippen molar-refractivity contribution in [1.29, 1.82) is 0 Å². The summed E-state index contributed by atoms with van der Waals surface area (Å²) in [5, 5.41) is 10.6. The standard InChI is InChI=1S/C27H26N6O4/c1-2-16-12-31(13-17-5-3-4-6-20(16)17)27(37)22-15-33(30-29-22)19-7-8-21-18(11-19)14-32(26(21)36)23-9-10-24(34)28-25(23)35/h3-8,11,15-16,23H,2,9-10,12-14H2,1H3,(H,28,34,35). The Hall–Kier alpha value is -4.34. The highest BCUT2D eigenvalue weighted by Crippen LogP contribution is 2.32. The van der Waals surface area contributed by atoms with Gasteiger partial charge in [0.05, 0.1) is 11.9 Å². The van der Waals surface area contributed by atoms with Gasteiger partial charge in [-0.15, -0.1) is 5.10 Å². The second kappa shape index (κ2) is 8.95. The Morgan fingerprint density at radius 2 is 1.92 bits per heavy atom. The van der Waals surface area contributed by atoms with Gasteiger partial charge in [-0.05, 0) is 47.7 Å². The van der Waals surface area contributed by atoms with E-state index in [9.17, 15) is 19.2 Å². The predicted octanol–water partition coefficient (Wildman–Crippen LogP) is 2.18. The summed E-state index contributed by atoms with van der Waals surface area (Å²) in [6.45, 7) is 3.57. The molecule has 37 heavy (non-hydrogen) atoms. The van der Waals surface area contributed by atoms with E-state index in [-0.39, 0.29) is 42.3 Å². The highest BCUT2D eigenvalue weighted by Gasteiger charge is 2.39. The Morgan fingerprint density at radius 3 is 2.73 bits per heavy atom. The summed E-state index contributed by atoms with van der Waals surface area (Å²) >= 11 is 0. The highest BCUT2D eigenvalue weighted by atomic mass is 16.2. The lowest BCUT2D eigenvalue weighted by atomic mass is 9.88. The molecule has 188 valence electrons. The average Bonchev–Trinajstić information content (AvgIpc) is 3.52. The first-order valence-corrected chi connectivity index (χ1v) is 12.5. The van der Waals surface area contributed by atoms with Crippen LogP contribution >= 0.6 is 0 Å². The second-order valence-electron chi connectivity index (χ2n) is 9.78. The van der Waals surface area contributed by atoms with Crippen LogP contribution in [0.2, 0.25) is 0 Å². The third-order valence-corrected chi connectivity index (χ3v) is 7.56. The molecule has 1 N–H and O–H groups in total. The number of fused-ring (bicyclic) bond motifs is 2. The number of piperidine rings is 1. The molecule has 1 aromatic heterocycles. The SMILES string of the molecule is CCC1CN(C(=O)c2cn(-c3ccc4c(c3)CN(C3CCC(=O)NC3=O)C4=O)nn2)Cc2ccccc21. The van der Waals surface area contributed by atoms with Crippen molar-refractivity contribution in [2.75, 3.05) is 6.54 Å². The Bertz CT molecular complexity index is 1450. The van der Waals surface area contributed by atoms with Crippen molar-refractivity contribution >= 4 is 23.6 Å². The molecule has 10 heteroatoms. The molecule has 0 saturated carbocycles. The van der Waals surface area contributed by atoms with Crippen molar-refractivity contribution in [3.05, 3.63) is 76.6 Å². The van der Waals surface area contributed by atoms with E-state index >= 15 is 0 Å². The second-order valence-corrected chi connectivity index (χ2v) is 9.78. The van der Waals surface area contributed by atoms with Crippen molar-refractivity contribution < 1.29 is 19.2 Å². The van der Waals surface area contributed by atoms with E-state index in [1.165, 1.54) is 15.1 Å². The summed E-state index contributed by atoms with van der Waals surface area (Å²) in [7, 11) is 0. The van der Waals surface area contributed by atoms with Crippen LogP contribution < -0.4 is 5.32 Å². The summed E-state index contributed by atoms with van der Waals surface area (Å²) in [6, 6.07) is 12.9. The summed E-state index contributed by atoms with van der Waals surface area (Å²) < 4.78 is 1.53. The molecule has 2 unspecified atom stereocenters. The van der Waals surface area contributed by atoms with Gasteiger partial charge in [-0.1, -0.05) is 36.4 Å². The quantitative estimate of drug-likeness (QED) is 0.551. The number of aromatic nitrogens is 3. The molecule has 4 heterocycles. The first kappa shape index (κ1) is 23.1. The van der Waals surface area contributed by atoms with Crippen LogP contribution in [0.25, 0.3) is 5.69 Å². The van der Waals surface area contributed by atoms with Crippen LogP contribution in [0, 0.1) is 0 Å². The molecule has 2 atom stereocenters. The summed E-state index contributed by atoms with van der Waals surface area (Å²) in [4.78, 5) is 53.4. The lowest BCUT2D eigenvalue weighted by Gasteiger charge is -2.33. The van der Waals surface area contributed by atoms with Crippen LogP contribution in [0.1, 0.15) is 69.6 Å². The molecule has 3 aliphatic heterocycles. The Balaban J connectivity index is 1.20. The minimum absolute atomic E-state index is 0.167. The van der Waals surface area contributed by atoms with Crippen LogP contribution in [0.15, 0.2) is 48.7 Å². The molecule has 0 aliphatic carbocycles. The lowest BCUT2D eigenvalue weighted by molar-refractivity contribution is -0.136.